The molecule has 0 saturated heterocycles. The van der Waals surface area contributed by atoms with Gasteiger partial charge in [0.25, 0.3) is 0 Å². The van der Waals surface area contributed by atoms with Gasteiger partial charge in [-0.1, -0.05) is 12.1 Å². The third kappa shape index (κ3) is 1.19. The maximum Gasteiger partial charge on any atom is 0.167 e. The molecule has 0 unspecified atom stereocenters. The van der Waals surface area contributed by atoms with E-state index in [1.165, 1.54) is 6.07 Å². The summed E-state index contributed by atoms with van der Waals surface area (Å²) in [6, 6.07) is 6.36. The van der Waals surface area contributed by atoms with Crippen LogP contribution in [0.3, 0.4) is 0 Å². The second-order valence-corrected chi connectivity index (χ2v) is 3.83. The second kappa shape index (κ2) is 3.27. The first-order valence-corrected chi connectivity index (χ1v) is 5.12. The topological polar surface area (TPSA) is 45.8 Å². The lowest BCUT2D eigenvalue weighted by Crippen LogP contribution is -1.95. The maximum absolute atomic E-state index is 13.6. The molecule has 1 heterocycles. The van der Waals surface area contributed by atoms with Crippen LogP contribution in [0.25, 0.3) is 11.3 Å². The van der Waals surface area contributed by atoms with Gasteiger partial charge in [-0.3, -0.25) is 9.89 Å². The minimum Gasteiger partial charge on any atom is -0.294 e. The Bertz CT molecular complexity index is 574. The van der Waals surface area contributed by atoms with Crippen molar-refractivity contribution in [2.24, 2.45) is 0 Å². The van der Waals surface area contributed by atoms with Gasteiger partial charge in [-0.15, -0.1) is 0 Å². The fraction of sp³-hybridized carbons (Fsp3) is 0.167. The Balaban J connectivity index is 2.22. The largest absolute Gasteiger partial charge is 0.294 e. The number of aromatic nitrogens is 2. The number of aromatic amines is 1. The summed E-state index contributed by atoms with van der Waals surface area (Å²) in [6.45, 7) is 0. The van der Waals surface area contributed by atoms with Crippen LogP contribution in [0.5, 0.6) is 0 Å². The molecule has 1 aliphatic carbocycles. The van der Waals surface area contributed by atoms with E-state index in [0.717, 1.165) is 5.69 Å². The predicted octanol–water partition coefficient (Wildman–Crippen LogP) is 2.34. The number of benzene rings is 1. The Morgan fingerprint density at radius 1 is 1.25 bits per heavy atom. The van der Waals surface area contributed by atoms with Crippen molar-refractivity contribution >= 4 is 5.78 Å². The van der Waals surface area contributed by atoms with Gasteiger partial charge in [0.2, 0.25) is 0 Å². The number of rotatable bonds is 1. The third-order valence-electron chi connectivity index (χ3n) is 2.85. The smallest absolute Gasteiger partial charge is 0.167 e. The molecule has 4 heteroatoms. The van der Waals surface area contributed by atoms with Gasteiger partial charge in [-0.25, -0.2) is 4.39 Å². The van der Waals surface area contributed by atoms with Crippen LogP contribution in [0, 0.1) is 5.82 Å². The summed E-state index contributed by atoms with van der Waals surface area (Å²) in [7, 11) is 0. The van der Waals surface area contributed by atoms with Crippen molar-refractivity contribution in [1.82, 2.24) is 10.2 Å². The Hall–Kier alpha value is -1.97. The van der Waals surface area contributed by atoms with Crippen molar-refractivity contribution in [3.8, 4) is 11.3 Å². The molecule has 0 aliphatic heterocycles. The van der Waals surface area contributed by atoms with Gasteiger partial charge < -0.3 is 0 Å². The Labute approximate surface area is 91.3 Å². The van der Waals surface area contributed by atoms with Gasteiger partial charge >= 0.3 is 0 Å². The van der Waals surface area contributed by atoms with Crippen LogP contribution in [0.15, 0.2) is 24.3 Å². The van der Waals surface area contributed by atoms with Crippen molar-refractivity contribution in [2.75, 3.05) is 0 Å². The highest BCUT2D eigenvalue weighted by Gasteiger charge is 2.27. The van der Waals surface area contributed by atoms with Gasteiger partial charge in [0.1, 0.15) is 11.5 Å². The van der Waals surface area contributed by atoms with Gasteiger partial charge in [-0.2, -0.15) is 5.10 Å². The normalized spacial score (nSPS) is 14.2. The summed E-state index contributed by atoms with van der Waals surface area (Å²) >= 11 is 0. The van der Waals surface area contributed by atoms with Gasteiger partial charge in [-0.05, 0) is 18.6 Å². The molecule has 0 bridgehead atoms. The fourth-order valence-corrected chi connectivity index (χ4v) is 2.07. The number of hydrogen-bond acceptors (Lipinski definition) is 2. The molecule has 1 N–H and O–H groups in total. The molecule has 80 valence electrons. The molecular weight excluding hydrogens is 207 g/mol. The molecule has 1 aromatic carbocycles. The van der Waals surface area contributed by atoms with E-state index in [-0.39, 0.29) is 11.6 Å². The number of hydrogen-bond donors (Lipinski definition) is 1. The quantitative estimate of drug-likeness (QED) is 0.795. The number of nitrogens with zero attached hydrogens (tertiary/aromatic N) is 1. The van der Waals surface area contributed by atoms with Crippen LogP contribution < -0.4 is 0 Å². The number of carbonyl (C=O) groups excluding carboxylic acids is 1. The summed E-state index contributed by atoms with van der Waals surface area (Å²) in [6.07, 6.45) is 1.17. The van der Waals surface area contributed by atoms with Crippen LogP contribution in [0.1, 0.15) is 22.5 Å². The fourth-order valence-electron chi connectivity index (χ4n) is 2.07. The standard InChI is InChI=1S/C12H9FN2O/c13-8-4-2-1-3-7(8)12-11-9(14-15-12)5-6-10(11)16/h1-4H,5-6H2,(H,14,15). The van der Waals surface area contributed by atoms with Crippen molar-refractivity contribution in [3.63, 3.8) is 0 Å². The summed E-state index contributed by atoms with van der Waals surface area (Å²) in [5.74, 6) is -0.307. The predicted molar refractivity (Wildman–Crippen MR) is 56.6 cm³/mol. The minimum absolute atomic E-state index is 0.0435. The average molecular weight is 216 g/mol. The molecule has 0 atom stereocenters. The van der Waals surface area contributed by atoms with E-state index < -0.39 is 0 Å². The highest BCUT2D eigenvalue weighted by molar-refractivity contribution is 6.05. The molecule has 2 aromatic rings. The summed E-state index contributed by atoms with van der Waals surface area (Å²) in [4.78, 5) is 11.6. The van der Waals surface area contributed by atoms with Crippen LogP contribution in [0.2, 0.25) is 0 Å². The molecule has 0 saturated carbocycles. The van der Waals surface area contributed by atoms with Crippen molar-refractivity contribution in [1.29, 1.82) is 0 Å². The van der Waals surface area contributed by atoms with E-state index in [9.17, 15) is 9.18 Å². The second-order valence-electron chi connectivity index (χ2n) is 3.83. The summed E-state index contributed by atoms with van der Waals surface area (Å²) in [5, 5.41) is 6.84. The number of H-pyrrole nitrogens is 1. The number of nitrogens with one attached hydrogen (secondary N) is 1. The van der Waals surface area contributed by atoms with E-state index >= 15 is 0 Å². The van der Waals surface area contributed by atoms with Crippen molar-refractivity contribution < 1.29 is 9.18 Å². The number of fused-ring (bicyclic) bond motifs is 1. The molecular formula is C12H9FN2O. The number of ketones is 1. The Morgan fingerprint density at radius 3 is 2.88 bits per heavy atom. The number of Topliss-reactive ketones (excluding diaryl/α,β-unsaturated/α-hetero) is 1. The first kappa shape index (κ1) is 9.27. The molecule has 3 nitrogen and oxygen atoms in total. The van der Waals surface area contributed by atoms with Gasteiger partial charge in [0.05, 0.1) is 5.56 Å². The molecule has 0 amide bonds. The lowest BCUT2D eigenvalue weighted by molar-refractivity contribution is 0.0995. The van der Waals surface area contributed by atoms with E-state index in [2.05, 4.69) is 10.2 Å². The van der Waals surface area contributed by atoms with Crippen molar-refractivity contribution in [2.45, 2.75) is 12.8 Å². The zero-order valence-electron chi connectivity index (χ0n) is 8.46. The average Bonchev–Trinajstić information content (AvgIpc) is 2.83. The highest BCUT2D eigenvalue weighted by atomic mass is 19.1. The first-order chi connectivity index (χ1) is 7.77. The van der Waals surface area contributed by atoms with Gasteiger partial charge in [0, 0.05) is 17.7 Å². The van der Waals surface area contributed by atoms with E-state index in [4.69, 9.17) is 0 Å². The Morgan fingerprint density at radius 2 is 2.06 bits per heavy atom. The van der Waals surface area contributed by atoms with Crippen LogP contribution in [-0.4, -0.2) is 16.0 Å². The number of aryl methyl sites for hydroxylation is 1. The van der Waals surface area contributed by atoms with Crippen LogP contribution in [-0.2, 0) is 6.42 Å². The molecule has 3 rings (SSSR count). The molecule has 0 fully saturated rings. The molecule has 0 spiro atoms. The third-order valence-corrected chi connectivity index (χ3v) is 2.85. The molecule has 16 heavy (non-hydrogen) atoms. The molecule has 0 radical (unpaired) electrons. The van der Waals surface area contributed by atoms with Crippen molar-refractivity contribution in [3.05, 3.63) is 41.3 Å². The molecule has 1 aromatic heterocycles. The Kier molecular flexibility index (Phi) is 1.89. The monoisotopic (exact) mass is 216 g/mol. The molecule has 1 aliphatic rings. The zero-order chi connectivity index (χ0) is 11.1. The highest BCUT2D eigenvalue weighted by Crippen LogP contribution is 2.31. The lowest BCUT2D eigenvalue weighted by Gasteiger charge is -2.00. The van der Waals surface area contributed by atoms with E-state index in [1.54, 1.807) is 18.2 Å². The SMILES string of the molecule is O=C1CCc2[nH]nc(-c3ccccc3F)c21. The first-order valence-electron chi connectivity index (χ1n) is 5.12. The van der Waals surface area contributed by atoms with Gasteiger partial charge in [0.15, 0.2) is 5.78 Å². The zero-order valence-corrected chi connectivity index (χ0v) is 8.46. The minimum atomic E-state index is -0.350. The van der Waals surface area contributed by atoms with E-state index in [1.807, 2.05) is 0 Å². The van der Waals surface area contributed by atoms with Crippen LogP contribution >= 0.6 is 0 Å². The lowest BCUT2D eigenvalue weighted by atomic mass is 10.1. The number of halogens is 1. The maximum atomic E-state index is 13.6. The van der Waals surface area contributed by atoms with Crippen LogP contribution in [0.4, 0.5) is 4.39 Å². The van der Waals surface area contributed by atoms with E-state index in [0.29, 0.717) is 29.7 Å². The number of carbonyl (C=O) groups is 1. The summed E-state index contributed by atoms with van der Waals surface area (Å²) in [5.41, 5.74) is 2.21. The summed E-state index contributed by atoms with van der Waals surface area (Å²) < 4.78 is 13.6.